The number of aromatic hydroxyl groups is 1. The van der Waals surface area contributed by atoms with Crippen LogP contribution in [0, 0.1) is 11.6 Å². The van der Waals surface area contributed by atoms with E-state index < -0.39 is 23.2 Å². The lowest BCUT2D eigenvalue weighted by Gasteiger charge is -2.00. The first-order valence-electron chi connectivity index (χ1n) is 3.33. The number of Topliss-reactive ketones (excluding diaryl/α,β-unsaturated/α-hetero) is 1. The van der Waals surface area contributed by atoms with E-state index in [0.717, 1.165) is 6.07 Å². The number of ketones is 1. The Morgan fingerprint density at radius 1 is 1.46 bits per heavy atom. The monoisotopic (exact) mass is 206 g/mol. The van der Waals surface area contributed by atoms with Gasteiger partial charge in [-0.15, -0.1) is 11.6 Å². The molecule has 1 rings (SSSR count). The fourth-order valence-electron chi connectivity index (χ4n) is 0.813. The molecule has 2 nitrogen and oxygen atoms in total. The third kappa shape index (κ3) is 1.95. The van der Waals surface area contributed by atoms with Crippen molar-refractivity contribution in [1.29, 1.82) is 0 Å². The van der Waals surface area contributed by atoms with Crippen molar-refractivity contribution in [2.24, 2.45) is 0 Å². The van der Waals surface area contributed by atoms with E-state index in [2.05, 4.69) is 0 Å². The zero-order valence-electron chi connectivity index (χ0n) is 6.35. The molecule has 0 unspecified atom stereocenters. The van der Waals surface area contributed by atoms with Crippen LogP contribution in [0.4, 0.5) is 8.78 Å². The summed E-state index contributed by atoms with van der Waals surface area (Å²) < 4.78 is 25.1. The van der Waals surface area contributed by atoms with Crippen LogP contribution in [0.3, 0.4) is 0 Å². The zero-order chi connectivity index (χ0) is 10.0. The number of rotatable bonds is 2. The van der Waals surface area contributed by atoms with E-state index in [1.807, 2.05) is 0 Å². The van der Waals surface area contributed by atoms with E-state index in [1.54, 1.807) is 0 Å². The Labute approximate surface area is 77.8 Å². The predicted octanol–water partition coefficient (Wildman–Crippen LogP) is 2.09. The molecule has 0 aromatic heterocycles. The number of hydrogen-bond acceptors (Lipinski definition) is 2. The molecule has 0 amide bonds. The maximum Gasteiger partial charge on any atom is 0.200 e. The Kier molecular flexibility index (Phi) is 2.83. The van der Waals surface area contributed by atoms with E-state index in [-0.39, 0.29) is 11.4 Å². The summed E-state index contributed by atoms with van der Waals surface area (Å²) in [5.74, 6) is -4.45. The number of hydrogen-bond donors (Lipinski definition) is 1. The smallest absolute Gasteiger partial charge is 0.200 e. The van der Waals surface area contributed by atoms with Gasteiger partial charge in [0.05, 0.1) is 5.88 Å². The van der Waals surface area contributed by atoms with Crippen molar-refractivity contribution < 1.29 is 18.7 Å². The highest BCUT2D eigenvalue weighted by Gasteiger charge is 2.13. The molecule has 1 aromatic rings. The highest BCUT2D eigenvalue weighted by molar-refractivity contribution is 6.30. The van der Waals surface area contributed by atoms with Crippen LogP contribution in [0.1, 0.15) is 10.4 Å². The van der Waals surface area contributed by atoms with Crippen molar-refractivity contribution in [3.8, 4) is 5.75 Å². The molecule has 0 saturated heterocycles. The SMILES string of the molecule is O=C(CCl)c1cc(O)c(F)c(F)c1. The second-order valence-corrected chi connectivity index (χ2v) is 2.62. The van der Waals surface area contributed by atoms with Gasteiger partial charge in [-0.3, -0.25) is 4.79 Å². The van der Waals surface area contributed by atoms with Crippen molar-refractivity contribution in [2.45, 2.75) is 0 Å². The van der Waals surface area contributed by atoms with Gasteiger partial charge in [-0.05, 0) is 12.1 Å². The highest BCUT2D eigenvalue weighted by atomic mass is 35.5. The van der Waals surface area contributed by atoms with Crippen LogP contribution in [0.15, 0.2) is 12.1 Å². The molecule has 70 valence electrons. The molecule has 13 heavy (non-hydrogen) atoms. The van der Waals surface area contributed by atoms with Gasteiger partial charge in [0.1, 0.15) is 0 Å². The maximum atomic E-state index is 12.6. The standard InChI is InChI=1S/C8H5ClF2O2/c9-3-7(13)4-1-5(10)8(11)6(12)2-4/h1-2,12H,3H2. The Bertz CT molecular complexity index is 329. The summed E-state index contributed by atoms with van der Waals surface area (Å²) >= 11 is 5.18. The number of carbonyl (C=O) groups is 1. The van der Waals surface area contributed by atoms with Crippen molar-refractivity contribution in [2.75, 3.05) is 5.88 Å². The van der Waals surface area contributed by atoms with Gasteiger partial charge in [0, 0.05) is 5.56 Å². The normalized spacial score (nSPS) is 10.1. The minimum Gasteiger partial charge on any atom is -0.505 e. The maximum absolute atomic E-state index is 12.6. The first-order valence-corrected chi connectivity index (χ1v) is 3.87. The molecule has 1 aromatic carbocycles. The Balaban J connectivity index is 3.20. The van der Waals surface area contributed by atoms with Crippen LogP contribution < -0.4 is 0 Å². The Hall–Kier alpha value is -1.16. The van der Waals surface area contributed by atoms with E-state index in [4.69, 9.17) is 16.7 Å². The molecule has 0 radical (unpaired) electrons. The van der Waals surface area contributed by atoms with Gasteiger partial charge < -0.3 is 5.11 Å². The summed E-state index contributed by atoms with van der Waals surface area (Å²) in [6.07, 6.45) is 0. The molecule has 0 saturated carbocycles. The number of halogens is 3. The minimum absolute atomic E-state index is 0.147. The van der Waals surface area contributed by atoms with Crippen molar-refractivity contribution in [3.05, 3.63) is 29.3 Å². The second kappa shape index (κ2) is 3.70. The average Bonchev–Trinajstić information content (AvgIpc) is 2.12. The molecule has 0 atom stereocenters. The molecule has 0 fully saturated rings. The summed E-state index contributed by atoms with van der Waals surface area (Å²) in [5, 5.41) is 8.82. The summed E-state index contributed by atoms with van der Waals surface area (Å²) in [6.45, 7) is 0. The lowest BCUT2D eigenvalue weighted by molar-refractivity contribution is 0.102. The Morgan fingerprint density at radius 2 is 2.08 bits per heavy atom. The van der Waals surface area contributed by atoms with Crippen molar-refractivity contribution >= 4 is 17.4 Å². The Morgan fingerprint density at radius 3 is 2.54 bits per heavy atom. The van der Waals surface area contributed by atoms with Gasteiger partial charge in [0.2, 0.25) is 0 Å². The first kappa shape index (κ1) is 9.92. The summed E-state index contributed by atoms with van der Waals surface area (Å²) in [6, 6.07) is 1.53. The van der Waals surface area contributed by atoms with Gasteiger partial charge in [0.25, 0.3) is 0 Å². The number of phenolic OH excluding ortho intramolecular Hbond substituents is 1. The molecule has 0 spiro atoms. The third-order valence-electron chi connectivity index (χ3n) is 1.45. The molecule has 0 bridgehead atoms. The van der Waals surface area contributed by atoms with Crippen LogP contribution in [-0.2, 0) is 0 Å². The fraction of sp³-hybridized carbons (Fsp3) is 0.125. The topological polar surface area (TPSA) is 37.3 Å². The lowest BCUT2D eigenvalue weighted by atomic mass is 10.1. The number of carbonyl (C=O) groups excluding carboxylic acids is 1. The van der Waals surface area contributed by atoms with Crippen LogP contribution in [-0.4, -0.2) is 16.8 Å². The van der Waals surface area contributed by atoms with Gasteiger partial charge >= 0.3 is 0 Å². The van der Waals surface area contributed by atoms with Gasteiger partial charge in [-0.1, -0.05) is 0 Å². The summed E-state index contributed by atoms with van der Waals surface area (Å²) in [5.41, 5.74) is -0.147. The second-order valence-electron chi connectivity index (χ2n) is 2.35. The van der Waals surface area contributed by atoms with E-state index in [1.165, 1.54) is 0 Å². The predicted molar refractivity (Wildman–Crippen MR) is 43.1 cm³/mol. The van der Waals surface area contributed by atoms with Gasteiger partial charge in [-0.25, -0.2) is 4.39 Å². The summed E-state index contributed by atoms with van der Waals surface area (Å²) in [4.78, 5) is 10.9. The van der Waals surface area contributed by atoms with E-state index in [9.17, 15) is 13.6 Å². The van der Waals surface area contributed by atoms with Gasteiger partial charge in [0.15, 0.2) is 23.2 Å². The van der Waals surface area contributed by atoms with Crippen LogP contribution in [0.25, 0.3) is 0 Å². The third-order valence-corrected chi connectivity index (χ3v) is 1.70. The zero-order valence-corrected chi connectivity index (χ0v) is 7.11. The van der Waals surface area contributed by atoms with E-state index >= 15 is 0 Å². The largest absolute Gasteiger partial charge is 0.505 e. The quantitative estimate of drug-likeness (QED) is 0.594. The molecule has 1 N–H and O–H groups in total. The fourth-order valence-corrected chi connectivity index (χ4v) is 0.967. The first-order chi connectivity index (χ1) is 6.06. The van der Waals surface area contributed by atoms with Crippen LogP contribution in [0.2, 0.25) is 0 Å². The molecule has 0 heterocycles. The van der Waals surface area contributed by atoms with Gasteiger partial charge in [-0.2, -0.15) is 4.39 Å². The molecular formula is C8H5ClF2O2. The van der Waals surface area contributed by atoms with Crippen molar-refractivity contribution in [1.82, 2.24) is 0 Å². The van der Waals surface area contributed by atoms with E-state index in [0.29, 0.717) is 6.07 Å². The van der Waals surface area contributed by atoms with Crippen LogP contribution in [0.5, 0.6) is 5.75 Å². The lowest BCUT2D eigenvalue weighted by Crippen LogP contribution is -2.01. The number of alkyl halides is 1. The molecule has 5 heteroatoms. The molecule has 0 aliphatic carbocycles. The summed E-state index contributed by atoms with van der Waals surface area (Å²) in [7, 11) is 0. The molecule has 0 aliphatic rings. The average molecular weight is 207 g/mol. The molecule has 0 aliphatic heterocycles. The van der Waals surface area contributed by atoms with Crippen LogP contribution >= 0.6 is 11.6 Å². The number of phenols is 1. The highest BCUT2D eigenvalue weighted by Crippen LogP contribution is 2.20. The minimum atomic E-state index is -1.37. The number of benzene rings is 1. The molecular weight excluding hydrogens is 202 g/mol. The van der Waals surface area contributed by atoms with Crippen molar-refractivity contribution in [3.63, 3.8) is 0 Å².